The summed E-state index contributed by atoms with van der Waals surface area (Å²) in [6, 6.07) is 0. The molecule has 0 saturated heterocycles. The van der Waals surface area contributed by atoms with Gasteiger partial charge in [-0.05, 0) is 6.92 Å². The standard InChI is InChI=1S/C9H10N4O2S/c1-4-11-3-5(16-4)7-6(10)8(9(14)15)13(2)12-7/h3H,10H2,1-2H3,(H,14,15). The van der Waals surface area contributed by atoms with E-state index in [0.29, 0.717) is 5.69 Å². The van der Waals surface area contributed by atoms with E-state index in [1.807, 2.05) is 6.92 Å². The van der Waals surface area contributed by atoms with E-state index in [9.17, 15) is 4.79 Å². The molecule has 0 aromatic carbocycles. The highest BCUT2D eigenvalue weighted by atomic mass is 32.1. The van der Waals surface area contributed by atoms with Gasteiger partial charge in [0.1, 0.15) is 5.69 Å². The van der Waals surface area contributed by atoms with Crippen LogP contribution in [0.15, 0.2) is 6.20 Å². The summed E-state index contributed by atoms with van der Waals surface area (Å²) in [7, 11) is 1.55. The van der Waals surface area contributed by atoms with Gasteiger partial charge in [0.05, 0.1) is 15.6 Å². The lowest BCUT2D eigenvalue weighted by Crippen LogP contribution is -2.07. The van der Waals surface area contributed by atoms with Gasteiger partial charge < -0.3 is 10.8 Å². The summed E-state index contributed by atoms with van der Waals surface area (Å²) >= 11 is 1.43. The van der Waals surface area contributed by atoms with Crippen LogP contribution in [-0.2, 0) is 7.05 Å². The van der Waals surface area contributed by atoms with Crippen LogP contribution < -0.4 is 5.73 Å². The number of nitrogens with two attached hydrogens (primary N) is 1. The summed E-state index contributed by atoms with van der Waals surface area (Å²) in [5, 5.41) is 13.9. The molecule has 0 aliphatic carbocycles. The highest BCUT2D eigenvalue weighted by Gasteiger charge is 2.21. The van der Waals surface area contributed by atoms with Crippen LogP contribution in [0.5, 0.6) is 0 Å². The van der Waals surface area contributed by atoms with E-state index in [-0.39, 0.29) is 11.4 Å². The molecule has 0 radical (unpaired) electrons. The first kappa shape index (κ1) is 10.6. The molecular formula is C9H10N4O2S. The minimum atomic E-state index is -1.08. The van der Waals surface area contributed by atoms with Crippen LogP contribution in [-0.4, -0.2) is 25.8 Å². The Balaban J connectivity index is 2.59. The quantitative estimate of drug-likeness (QED) is 0.818. The van der Waals surface area contributed by atoms with Crippen LogP contribution in [0.3, 0.4) is 0 Å². The van der Waals surface area contributed by atoms with Crippen molar-refractivity contribution in [2.24, 2.45) is 7.05 Å². The van der Waals surface area contributed by atoms with Crippen molar-refractivity contribution in [1.29, 1.82) is 0 Å². The molecule has 0 fully saturated rings. The molecule has 7 heteroatoms. The van der Waals surface area contributed by atoms with Gasteiger partial charge in [-0.3, -0.25) is 4.68 Å². The van der Waals surface area contributed by atoms with E-state index in [4.69, 9.17) is 10.8 Å². The minimum Gasteiger partial charge on any atom is -0.476 e. The zero-order valence-corrected chi connectivity index (χ0v) is 9.58. The predicted octanol–water partition coefficient (Wildman–Crippen LogP) is 1.13. The average Bonchev–Trinajstić information content (AvgIpc) is 2.70. The Hall–Kier alpha value is -1.89. The summed E-state index contributed by atoms with van der Waals surface area (Å²) < 4.78 is 1.27. The summed E-state index contributed by atoms with van der Waals surface area (Å²) in [6.07, 6.45) is 1.64. The molecule has 0 saturated carbocycles. The van der Waals surface area contributed by atoms with Crippen molar-refractivity contribution in [2.75, 3.05) is 5.73 Å². The van der Waals surface area contributed by atoms with E-state index >= 15 is 0 Å². The number of nitrogen functional groups attached to an aromatic ring is 1. The van der Waals surface area contributed by atoms with Gasteiger partial charge in [-0.1, -0.05) is 0 Å². The summed E-state index contributed by atoms with van der Waals surface area (Å²) in [4.78, 5) is 15.8. The first-order valence-electron chi connectivity index (χ1n) is 4.49. The van der Waals surface area contributed by atoms with Crippen LogP contribution >= 0.6 is 11.3 Å². The van der Waals surface area contributed by atoms with Crippen molar-refractivity contribution in [2.45, 2.75) is 6.92 Å². The van der Waals surface area contributed by atoms with Crippen LogP contribution in [0.4, 0.5) is 5.69 Å². The molecule has 0 bridgehead atoms. The second-order valence-corrected chi connectivity index (χ2v) is 4.52. The lowest BCUT2D eigenvalue weighted by Gasteiger charge is -1.94. The molecule has 6 nitrogen and oxygen atoms in total. The molecule has 0 unspecified atom stereocenters. The second-order valence-electron chi connectivity index (χ2n) is 3.28. The maximum absolute atomic E-state index is 10.9. The van der Waals surface area contributed by atoms with Gasteiger partial charge in [-0.2, -0.15) is 5.10 Å². The van der Waals surface area contributed by atoms with E-state index in [1.165, 1.54) is 16.0 Å². The first-order chi connectivity index (χ1) is 7.50. The Morgan fingerprint density at radius 1 is 1.62 bits per heavy atom. The van der Waals surface area contributed by atoms with Gasteiger partial charge in [-0.15, -0.1) is 11.3 Å². The molecule has 16 heavy (non-hydrogen) atoms. The zero-order chi connectivity index (χ0) is 11.9. The molecule has 2 aromatic heterocycles. The van der Waals surface area contributed by atoms with Gasteiger partial charge in [0, 0.05) is 13.2 Å². The number of hydrogen-bond donors (Lipinski definition) is 2. The number of carboxylic acids is 1. The third-order valence-electron chi connectivity index (χ3n) is 2.14. The molecule has 2 heterocycles. The fourth-order valence-electron chi connectivity index (χ4n) is 1.45. The van der Waals surface area contributed by atoms with Crippen molar-refractivity contribution < 1.29 is 9.90 Å². The molecule has 0 aliphatic rings. The maximum Gasteiger partial charge on any atom is 0.356 e. The molecule has 3 N–H and O–H groups in total. The monoisotopic (exact) mass is 238 g/mol. The number of anilines is 1. The third-order valence-corrected chi connectivity index (χ3v) is 3.06. The SMILES string of the molecule is Cc1ncc(-c2nn(C)c(C(=O)O)c2N)s1. The first-order valence-corrected chi connectivity index (χ1v) is 5.31. The molecule has 2 rings (SSSR count). The largest absolute Gasteiger partial charge is 0.476 e. The van der Waals surface area contributed by atoms with Crippen LogP contribution in [0, 0.1) is 6.92 Å². The summed E-state index contributed by atoms with van der Waals surface area (Å²) in [5.74, 6) is -1.08. The third kappa shape index (κ3) is 1.54. The van der Waals surface area contributed by atoms with Crippen molar-refractivity contribution in [1.82, 2.24) is 14.8 Å². The van der Waals surface area contributed by atoms with Gasteiger partial charge in [0.15, 0.2) is 5.69 Å². The Morgan fingerprint density at radius 3 is 2.75 bits per heavy atom. The number of rotatable bonds is 2. The molecular weight excluding hydrogens is 228 g/mol. The van der Waals surface area contributed by atoms with Crippen LogP contribution in [0.25, 0.3) is 10.6 Å². The topological polar surface area (TPSA) is 94.0 Å². The lowest BCUT2D eigenvalue weighted by molar-refractivity contribution is 0.0686. The van der Waals surface area contributed by atoms with Crippen LogP contribution in [0.2, 0.25) is 0 Å². The van der Waals surface area contributed by atoms with E-state index < -0.39 is 5.97 Å². The number of carbonyl (C=O) groups is 1. The Morgan fingerprint density at radius 2 is 2.31 bits per heavy atom. The smallest absolute Gasteiger partial charge is 0.356 e. The molecule has 0 spiro atoms. The number of hydrogen-bond acceptors (Lipinski definition) is 5. The highest BCUT2D eigenvalue weighted by Crippen LogP contribution is 2.31. The number of aromatic carboxylic acids is 1. The molecule has 0 amide bonds. The van der Waals surface area contributed by atoms with Gasteiger partial charge >= 0.3 is 5.97 Å². The van der Waals surface area contributed by atoms with Crippen molar-refractivity contribution in [3.8, 4) is 10.6 Å². The number of nitrogens with zero attached hydrogens (tertiary/aromatic N) is 3. The van der Waals surface area contributed by atoms with Crippen molar-refractivity contribution in [3.63, 3.8) is 0 Å². The van der Waals surface area contributed by atoms with Gasteiger partial charge in [-0.25, -0.2) is 9.78 Å². The normalized spacial score (nSPS) is 10.6. The fourth-order valence-corrected chi connectivity index (χ4v) is 2.22. The van der Waals surface area contributed by atoms with Crippen molar-refractivity contribution in [3.05, 3.63) is 16.9 Å². The van der Waals surface area contributed by atoms with Crippen LogP contribution in [0.1, 0.15) is 15.5 Å². The number of aromatic nitrogens is 3. The van der Waals surface area contributed by atoms with E-state index in [1.54, 1.807) is 13.2 Å². The molecule has 84 valence electrons. The zero-order valence-electron chi connectivity index (χ0n) is 8.76. The number of aryl methyl sites for hydroxylation is 2. The van der Waals surface area contributed by atoms with E-state index in [0.717, 1.165) is 9.88 Å². The second kappa shape index (κ2) is 3.60. The highest BCUT2D eigenvalue weighted by molar-refractivity contribution is 7.15. The average molecular weight is 238 g/mol. The molecule has 0 aliphatic heterocycles. The van der Waals surface area contributed by atoms with Crippen molar-refractivity contribution >= 4 is 23.0 Å². The molecule has 0 atom stereocenters. The predicted molar refractivity (Wildman–Crippen MR) is 60.4 cm³/mol. The van der Waals surface area contributed by atoms with Gasteiger partial charge in [0.25, 0.3) is 0 Å². The minimum absolute atomic E-state index is 0.000975. The number of carboxylic acid groups (broad SMARTS) is 1. The van der Waals surface area contributed by atoms with E-state index in [2.05, 4.69) is 10.1 Å². The fraction of sp³-hybridized carbons (Fsp3) is 0.222. The number of thiazole rings is 1. The summed E-state index contributed by atoms with van der Waals surface area (Å²) in [6.45, 7) is 1.87. The maximum atomic E-state index is 10.9. The Labute approximate surface area is 95.3 Å². The molecule has 2 aromatic rings. The summed E-state index contributed by atoms with van der Waals surface area (Å²) in [5.41, 5.74) is 6.42. The van der Waals surface area contributed by atoms with Gasteiger partial charge in [0.2, 0.25) is 0 Å². The Kier molecular flexibility index (Phi) is 2.39. The Bertz CT molecular complexity index is 558. The lowest BCUT2D eigenvalue weighted by atomic mass is 10.2.